The van der Waals surface area contributed by atoms with Crippen molar-refractivity contribution in [2.45, 2.75) is 12.8 Å². The van der Waals surface area contributed by atoms with E-state index in [2.05, 4.69) is 4.72 Å². The molecule has 2 aromatic carbocycles. The number of benzene rings is 2. The molecule has 0 aromatic heterocycles. The molecule has 0 spiro atoms. The predicted molar refractivity (Wildman–Crippen MR) is 91.3 cm³/mol. The number of hydrogen-bond acceptors (Lipinski definition) is 3. The third-order valence-corrected chi connectivity index (χ3v) is 4.37. The lowest BCUT2D eigenvalue weighted by Crippen LogP contribution is -2.35. The van der Waals surface area contributed by atoms with Gasteiger partial charge in [0.25, 0.3) is 5.91 Å². The first-order chi connectivity index (χ1) is 10.9. The lowest BCUT2D eigenvalue weighted by atomic mass is 10.00. The Kier molecular flexibility index (Phi) is 4.09. The summed E-state index contributed by atoms with van der Waals surface area (Å²) in [7, 11) is -3.31. The van der Waals surface area contributed by atoms with Crippen LogP contribution in [0.1, 0.15) is 22.3 Å². The van der Waals surface area contributed by atoms with Crippen molar-refractivity contribution in [2.75, 3.05) is 22.4 Å². The molecule has 0 aliphatic carbocycles. The number of amides is 1. The maximum atomic E-state index is 12.7. The van der Waals surface area contributed by atoms with Gasteiger partial charge in [-0.15, -0.1) is 0 Å². The summed E-state index contributed by atoms with van der Waals surface area (Å²) >= 11 is 0. The first-order valence-corrected chi connectivity index (χ1v) is 9.31. The van der Waals surface area contributed by atoms with Crippen molar-refractivity contribution in [1.82, 2.24) is 0 Å². The molecule has 0 saturated heterocycles. The van der Waals surface area contributed by atoms with Gasteiger partial charge in [0.15, 0.2) is 0 Å². The van der Waals surface area contributed by atoms with Crippen molar-refractivity contribution in [1.29, 1.82) is 0 Å². The quantitative estimate of drug-likeness (QED) is 0.941. The van der Waals surface area contributed by atoms with E-state index in [9.17, 15) is 13.2 Å². The fourth-order valence-corrected chi connectivity index (χ4v) is 3.38. The van der Waals surface area contributed by atoms with Gasteiger partial charge in [-0.3, -0.25) is 9.52 Å². The van der Waals surface area contributed by atoms with Gasteiger partial charge in [-0.25, -0.2) is 8.42 Å². The molecule has 0 bridgehead atoms. The number of sulfonamides is 1. The van der Waals surface area contributed by atoms with E-state index in [-0.39, 0.29) is 5.91 Å². The zero-order valence-corrected chi connectivity index (χ0v) is 13.6. The summed E-state index contributed by atoms with van der Waals surface area (Å²) in [6.45, 7) is 0.666. The van der Waals surface area contributed by atoms with Crippen molar-refractivity contribution in [3.8, 4) is 0 Å². The van der Waals surface area contributed by atoms with E-state index in [0.717, 1.165) is 30.3 Å². The topological polar surface area (TPSA) is 66.5 Å². The summed E-state index contributed by atoms with van der Waals surface area (Å²) in [5, 5.41) is 0. The van der Waals surface area contributed by atoms with E-state index >= 15 is 0 Å². The van der Waals surface area contributed by atoms with Crippen LogP contribution in [0.3, 0.4) is 0 Å². The normalized spacial score (nSPS) is 14.2. The fourth-order valence-electron chi connectivity index (χ4n) is 2.82. The minimum atomic E-state index is -3.31. The average molecular weight is 330 g/mol. The Hall–Kier alpha value is -2.34. The molecular formula is C17H18N2O3S. The number of fused-ring (bicyclic) bond motifs is 1. The van der Waals surface area contributed by atoms with Gasteiger partial charge in [0.2, 0.25) is 10.0 Å². The highest BCUT2D eigenvalue weighted by atomic mass is 32.2. The Morgan fingerprint density at radius 3 is 2.57 bits per heavy atom. The minimum Gasteiger partial charge on any atom is -0.308 e. The fraction of sp³-hybridized carbons (Fsp3) is 0.235. The van der Waals surface area contributed by atoms with E-state index < -0.39 is 10.0 Å². The van der Waals surface area contributed by atoms with Crippen LogP contribution >= 0.6 is 0 Å². The molecule has 3 rings (SSSR count). The molecule has 1 N–H and O–H groups in total. The second-order valence-electron chi connectivity index (χ2n) is 5.64. The monoisotopic (exact) mass is 330 g/mol. The molecule has 2 aromatic rings. The Morgan fingerprint density at radius 1 is 1.13 bits per heavy atom. The predicted octanol–water partition coefficient (Wildman–Crippen LogP) is 2.65. The Balaban J connectivity index is 1.92. The van der Waals surface area contributed by atoms with Crippen LogP contribution in [-0.4, -0.2) is 27.1 Å². The van der Waals surface area contributed by atoms with Crippen LogP contribution in [0, 0.1) is 0 Å². The molecule has 5 nitrogen and oxygen atoms in total. The van der Waals surface area contributed by atoms with Gasteiger partial charge in [-0.1, -0.05) is 18.2 Å². The maximum Gasteiger partial charge on any atom is 0.258 e. The number of carbonyl (C=O) groups excluding carboxylic acids is 1. The van der Waals surface area contributed by atoms with E-state index in [1.54, 1.807) is 29.2 Å². The summed E-state index contributed by atoms with van der Waals surface area (Å²) in [4.78, 5) is 14.5. The molecule has 1 aliphatic heterocycles. The number of rotatable bonds is 3. The molecule has 0 fully saturated rings. The standard InChI is InChI=1S/C17H18N2O3S/c1-23(21,22)18-15-9-10-16-14(12-15)8-5-11-19(16)17(20)13-6-3-2-4-7-13/h2-4,6-7,9-10,12,18H,5,8,11H2,1H3. The molecular weight excluding hydrogens is 312 g/mol. The van der Waals surface area contributed by atoms with Crippen molar-refractivity contribution >= 4 is 27.3 Å². The SMILES string of the molecule is CS(=O)(=O)Nc1ccc2c(c1)CCCN2C(=O)c1ccccc1. The van der Waals surface area contributed by atoms with Crippen LogP contribution in [0.25, 0.3) is 0 Å². The molecule has 1 amide bonds. The lowest BCUT2D eigenvalue weighted by molar-refractivity contribution is 0.0985. The second-order valence-corrected chi connectivity index (χ2v) is 7.39. The van der Waals surface area contributed by atoms with Crippen LogP contribution in [-0.2, 0) is 16.4 Å². The first kappa shape index (κ1) is 15.6. The van der Waals surface area contributed by atoms with Gasteiger partial charge in [-0.05, 0) is 48.7 Å². The molecule has 0 saturated carbocycles. The Bertz CT molecular complexity index is 832. The molecule has 1 aliphatic rings. The van der Waals surface area contributed by atoms with E-state index in [4.69, 9.17) is 0 Å². The van der Waals surface area contributed by atoms with Crippen molar-refractivity contribution < 1.29 is 13.2 Å². The molecule has 0 radical (unpaired) electrons. The largest absolute Gasteiger partial charge is 0.308 e. The molecule has 6 heteroatoms. The highest BCUT2D eigenvalue weighted by Crippen LogP contribution is 2.31. The molecule has 1 heterocycles. The van der Waals surface area contributed by atoms with E-state index in [1.807, 2.05) is 24.3 Å². The lowest BCUT2D eigenvalue weighted by Gasteiger charge is -2.30. The van der Waals surface area contributed by atoms with E-state index in [0.29, 0.717) is 17.8 Å². The number of aryl methyl sites for hydroxylation is 1. The van der Waals surface area contributed by atoms with Gasteiger partial charge in [0, 0.05) is 23.5 Å². The van der Waals surface area contributed by atoms with Gasteiger partial charge in [0.1, 0.15) is 0 Å². The summed E-state index contributed by atoms with van der Waals surface area (Å²) in [5.74, 6) is -0.0321. The average Bonchev–Trinajstić information content (AvgIpc) is 2.52. The van der Waals surface area contributed by atoms with E-state index in [1.165, 1.54) is 0 Å². The smallest absolute Gasteiger partial charge is 0.258 e. The Labute approximate surface area is 136 Å². The summed E-state index contributed by atoms with van der Waals surface area (Å²) in [6, 6.07) is 14.5. The highest BCUT2D eigenvalue weighted by Gasteiger charge is 2.23. The number of carbonyl (C=O) groups is 1. The molecule has 0 atom stereocenters. The number of hydrogen-bond donors (Lipinski definition) is 1. The number of nitrogens with one attached hydrogen (secondary N) is 1. The maximum absolute atomic E-state index is 12.7. The summed E-state index contributed by atoms with van der Waals surface area (Å²) in [6.07, 6.45) is 2.80. The third kappa shape index (κ3) is 3.53. The first-order valence-electron chi connectivity index (χ1n) is 7.42. The van der Waals surface area contributed by atoms with Gasteiger partial charge >= 0.3 is 0 Å². The van der Waals surface area contributed by atoms with Crippen molar-refractivity contribution in [2.24, 2.45) is 0 Å². The minimum absolute atomic E-state index is 0.0321. The molecule has 0 unspecified atom stereocenters. The summed E-state index contributed by atoms with van der Waals surface area (Å²) < 4.78 is 25.2. The van der Waals surface area contributed by atoms with Crippen molar-refractivity contribution in [3.05, 3.63) is 59.7 Å². The second kappa shape index (κ2) is 6.04. The zero-order chi connectivity index (χ0) is 16.4. The van der Waals surface area contributed by atoms with Crippen LogP contribution in [0.5, 0.6) is 0 Å². The van der Waals surface area contributed by atoms with Crippen LogP contribution < -0.4 is 9.62 Å². The third-order valence-electron chi connectivity index (χ3n) is 3.77. The Morgan fingerprint density at radius 2 is 1.87 bits per heavy atom. The van der Waals surface area contributed by atoms with Crippen LogP contribution in [0.2, 0.25) is 0 Å². The summed E-state index contributed by atoms with van der Waals surface area (Å²) in [5.41, 5.74) is 3.01. The number of nitrogens with zero attached hydrogens (tertiary/aromatic N) is 1. The van der Waals surface area contributed by atoms with Gasteiger partial charge in [-0.2, -0.15) is 0 Å². The zero-order valence-electron chi connectivity index (χ0n) is 12.8. The number of anilines is 2. The van der Waals surface area contributed by atoms with Crippen molar-refractivity contribution in [3.63, 3.8) is 0 Å². The highest BCUT2D eigenvalue weighted by molar-refractivity contribution is 7.92. The van der Waals surface area contributed by atoms with Gasteiger partial charge < -0.3 is 4.90 Å². The van der Waals surface area contributed by atoms with Crippen LogP contribution in [0.15, 0.2) is 48.5 Å². The van der Waals surface area contributed by atoms with Gasteiger partial charge in [0.05, 0.1) is 6.26 Å². The molecule has 120 valence electrons. The van der Waals surface area contributed by atoms with Crippen LogP contribution in [0.4, 0.5) is 11.4 Å². The molecule has 23 heavy (non-hydrogen) atoms.